The Morgan fingerprint density at radius 2 is 1.35 bits per heavy atom. The first kappa shape index (κ1) is 20.6. The predicted octanol–water partition coefficient (Wildman–Crippen LogP) is 5.63. The molecular weight excluding hydrogens is 409 g/mol. The minimum absolute atomic E-state index is 0.194. The first-order valence-corrected chi connectivity index (χ1v) is 11.1. The SMILES string of the molecule is C(=NCc1ccccc1)C1=CCC(C=NCc2ccccc2)=N1.[Cl][Fe][Cl]. The number of rotatable bonds is 6. The zero-order chi connectivity index (χ0) is 18.5. The van der Waals surface area contributed by atoms with Gasteiger partial charge < -0.3 is 0 Å². The molecule has 1 heterocycles. The molecule has 0 amide bonds. The summed E-state index contributed by atoms with van der Waals surface area (Å²) in [7, 11) is 9.53. The summed E-state index contributed by atoms with van der Waals surface area (Å²) in [6.45, 7) is 1.38. The van der Waals surface area contributed by atoms with Gasteiger partial charge in [0.2, 0.25) is 0 Å². The first-order chi connectivity index (χ1) is 12.8. The van der Waals surface area contributed by atoms with Crippen LogP contribution < -0.4 is 0 Å². The van der Waals surface area contributed by atoms with Gasteiger partial charge in [-0.05, 0) is 11.1 Å². The Balaban J connectivity index is 0.000000758. The van der Waals surface area contributed by atoms with Crippen molar-refractivity contribution in [2.24, 2.45) is 15.0 Å². The number of halogens is 2. The van der Waals surface area contributed by atoms with Crippen molar-refractivity contribution in [2.75, 3.05) is 0 Å². The molecule has 0 fully saturated rings. The summed E-state index contributed by atoms with van der Waals surface area (Å²) in [5.74, 6) is 0. The third-order valence-electron chi connectivity index (χ3n) is 3.49. The van der Waals surface area contributed by atoms with Crippen LogP contribution in [0, 0.1) is 0 Å². The number of aliphatic imine (C=N–C) groups is 3. The Labute approximate surface area is 169 Å². The molecule has 0 saturated heterocycles. The van der Waals surface area contributed by atoms with Crippen LogP contribution in [-0.2, 0) is 26.2 Å². The fourth-order valence-corrected chi connectivity index (χ4v) is 2.30. The van der Waals surface area contributed by atoms with E-state index < -0.39 is 0 Å². The van der Waals surface area contributed by atoms with Crippen molar-refractivity contribution in [1.82, 2.24) is 0 Å². The Morgan fingerprint density at radius 1 is 0.846 bits per heavy atom. The fourth-order valence-electron chi connectivity index (χ4n) is 2.30. The van der Waals surface area contributed by atoms with Crippen LogP contribution in [0.15, 0.2) is 87.4 Å². The van der Waals surface area contributed by atoms with Crippen LogP contribution in [0.25, 0.3) is 0 Å². The van der Waals surface area contributed by atoms with E-state index in [1.165, 1.54) is 11.1 Å². The van der Waals surface area contributed by atoms with E-state index in [0.717, 1.165) is 17.8 Å². The number of benzene rings is 2. The normalized spacial score (nSPS) is 13.6. The van der Waals surface area contributed by atoms with E-state index >= 15 is 0 Å². The molecule has 0 bridgehead atoms. The zero-order valence-corrected chi connectivity index (χ0v) is 16.7. The predicted molar refractivity (Wildman–Crippen MR) is 109 cm³/mol. The van der Waals surface area contributed by atoms with Gasteiger partial charge in [-0.3, -0.25) is 15.0 Å². The van der Waals surface area contributed by atoms with E-state index in [-0.39, 0.29) is 13.1 Å². The molecule has 0 atom stereocenters. The van der Waals surface area contributed by atoms with Gasteiger partial charge in [0.15, 0.2) is 0 Å². The van der Waals surface area contributed by atoms with E-state index in [4.69, 9.17) is 20.2 Å². The summed E-state index contributed by atoms with van der Waals surface area (Å²) < 4.78 is 0. The van der Waals surface area contributed by atoms with Crippen molar-refractivity contribution < 1.29 is 13.1 Å². The standard InChI is InChI=1S/C20H19N3.2ClH.Fe/c1-3-7-17(8-4-1)13-21-15-19-11-12-20(23-19)16-22-14-18-9-5-2-6-10-18;;;/h1-11,15-16H,12-14H2;2*1H;/q;;;+2/p-2. The van der Waals surface area contributed by atoms with Crippen LogP contribution in [0.4, 0.5) is 0 Å². The second-order valence-corrected chi connectivity index (χ2v) is 7.22. The van der Waals surface area contributed by atoms with Crippen molar-refractivity contribution in [3.05, 3.63) is 83.6 Å². The van der Waals surface area contributed by atoms with Gasteiger partial charge in [0.1, 0.15) is 0 Å². The molecule has 1 aliphatic heterocycles. The van der Waals surface area contributed by atoms with Gasteiger partial charge in [0, 0.05) is 18.9 Å². The fraction of sp³-hybridized carbons (Fsp3) is 0.150. The third kappa shape index (κ3) is 8.11. The molecule has 0 unspecified atom stereocenters. The quantitative estimate of drug-likeness (QED) is 0.423. The molecule has 0 aliphatic carbocycles. The first-order valence-electron chi connectivity index (χ1n) is 8.02. The van der Waals surface area contributed by atoms with Crippen molar-refractivity contribution >= 4 is 38.3 Å². The molecule has 3 rings (SSSR count). The number of hydrogen-bond donors (Lipinski definition) is 0. The van der Waals surface area contributed by atoms with Gasteiger partial charge in [-0.15, -0.1) is 0 Å². The van der Waals surface area contributed by atoms with Crippen molar-refractivity contribution in [2.45, 2.75) is 19.5 Å². The molecule has 3 nitrogen and oxygen atoms in total. The second kappa shape index (κ2) is 12.6. The number of hydrogen-bond acceptors (Lipinski definition) is 3. The van der Waals surface area contributed by atoms with Crippen LogP contribution in [-0.4, -0.2) is 18.1 Å². The minimum atomic E-state index is 0.194. The zero-order valence-electron chi connectivity index (χ0n) is 14.1. The van der Waals surface area contributed by atoms with Crippen LogP contribution in [0.2, 0.25) is 0 Å². The maximum absolute atomic E-state index is 4.76. The summed E-state index contributed by atoms with van der Waals surface area (Å²) in [5.41, 5.74) is 4.32. The Kier molecular flexibility index (Phi) is 9.99. The Bertz CT molecular complexity index is 772. The molecule has 0 saturated carbocycles. The summed E-state index contributed by atoms with van der Waals surface area (Å²) in [6, 6.07) is 20.4. The molecule has 0 N–H and O–H groups in total. The molecule has 0 spiro atoms. The number of nitrogens with zero attached hydrogens (tertiary/aromatic N) is 3. The third-order valence-corrected chi connectivity index (χ3v) is 3.49. The van der Waals surface area contributed by atoms with Crippen LogP contribution in [0.5, 0.6) is 0 Å². The van der Waals surface area contributed by atoms with Gasteiger partial charge >= 0.3 is 33.3 Å². The average Bonchev–Trinajstić information content (AvgIpc) is 3.12. The molecule has 26 heavy (non-hydrogen) atoms. The van der Waals surface area contributed by atoms with Gasteiger partial charge in [-0.2, -0.15) is 0 Å². The second-order valence-electron chi connectivity index (χ2n) is 5.40. The average molecular weight is 428 g/mol. The molecule has 2 aromatic carbocycles. The summed E-state index contributed by atoms with van der Waals surface area (Å²) in [4.78, 5) is 13.4. The van der Waals surface area contributed by atoms with Gasteiger partial charge in [0.05, 0.1) is 24.5 Å². The van der Waals surface area contributed by atoms with Gasteiger partial charge in [0.25, 0.3) is 0 Å². The van der Waals surface area contributed by atoms with Crippen molar-refractivity contribution in [3.8, 4) is 0 Å². The maximum atomic E-state index is 4.76. The van der Waals surface area contributed by atoms with E-state index in [1.807, 2.05) is 48.8 Å². The van der Waals surface area contributed by atoms with Crippen LogP contribution in [0.1, 0.15) is 17.5 Å². The topological polar surface area (TPSA) is 37.1 Å². The molecule has 1 aliphatic rings. The van der Waals surface area contributed by atoms with E-state index in [9.17, 15) is 0 Å². The molecule has 0 aromatic heterocycles. The summed E-state index contributed by atoms with van der Waals surface area (Å²) in [6.07, 6.45) is 6.61. The molecule has 6 heteroatoms. The molecular formula is C20H19Cl2FeN3. The van der Waals surface area contributed by atoms with E-state index in [0.29, 0.717) is 13.1 Å². The van der Waals surface area contributed by atoms with Gasteiger partial charge in [-0.25, -0.2) is 0 Å². The molecule has 2 aromatic rings. The van der Waals surface area contributed by atoms with Crippen molar-refractivity contribution in [1.29, 1.82) is 0 Å². The molecule has 136 valence electrons. The van der Waals surface area contributed by atoms with Crippen molar-refractivity contribution in [3.63, 3.8) is 0 Å². The van der Waals surface area contributed by atoms with Crippen LogP contribution >= 0.6 is 20.2 Å². The Hall–Kier alpha value is -1.71. The van der Waals surface area contributed by atoms with E-state index in [2.05, 4.69) is 45.3 Å². The van der Waals surface area contributed by atoms with Gasteiger partial charge in [-0.1, -0.05) is 66.7 Å². The van der Waals surface area contributed by atoms with Crippen LogP contribution in [0.3, 0.4) is 0 Å². The summed E-state index contributed by atoms with van der Waals surface area (Å²) >= 11 is 0.194. The monoisotopic (exact) mass is 427 g/mol. The van der Waals surface area contributed by atoms with E-state index in [1.54, 1.807) is 0 Å². The Morgan fingerprint density at radius 3 is 1.88 bits per heavy atom. The summed E-state index contributed by atoms with van der Waals surface area (Å²) in [5, 5.41) is 0. The number of allylic oxidation sites excluding steroid dienone is 2. The molecule has 0 radical (unpaired) electrons.